The van der Waals surface area contributed by atoms with E-state index in [1.807, 2.05) is 0 Å². The van der Waals surface area contributed by atoms with Crippen molar-refractivity contribution in [3.63, 3.8) is 0 Å². The number of aryl methyl sites for hydroxylation is 1. The Labute approximate surface area is 135 Å². The molecule has 0 aliphatic heterocycles. The van der Waals surface area contributed by atoms with Gasteiger partial charge in [-0.3, -0.25) is 9.81 Å². The Morgan fingerprint density at radius 1 is 1.25 bits per heavy atom. The molecule has 0 saturated heterocycles. The molecule has 24 heavy (non-hydrogen) atoms. The summed E-state index contributed by atoms with van der Waals surface area (Å²) in [4.78, 5) is 4.26. The van der Waals surface area contributed by atoms with Crippen LogP contribution in [0.3, 0.4) is 0 Å². The van der Waals surface area contributed by atoms with Crippen molar-refractivity contribution in [1.29, 1.82) is 5.41 Å². The summed E-state index contributed by atoms with van der Waals surface area (Å²) >= 11 is 0. The second-order valence-corrected chi connectivity index (χ2v) is 5.14. The van der Waals surface area contributed by atoms with Crippen LogP contribution in [0, 0.1) is 29.8 Å². The zero-order chi connectivity index (χ0) is 17.4. The van der Waals surface area contributed by atoms with Crippen LogP contribution >= 0.6 is 0 Å². The largest absolute Gasteiger partial charge is 0.485 e. The van der Waals surface area contributed by atoms with E-state index in [2.05, 4.69) is 4.98 Å². The van der Waals surface area contributed by atoms with E-state index in [4.69, 9.17) is 15.9 Å². The van der Waals surface area contributed by atoms with Crippen LogP contribution in [0.5, 0.6) is 5.75 Å². The van der Waals surface area contributed by atoms with Gasteiger partial charge in [-0.05, 0) is 31.2 Å². The van der Waals surface area contributed by atoms with E-state index < -0.39 is 29.6 Å². The lowest BCUT2D eigenvalue weighted by atomic mass is 10.2. The van der Waals surface area contributed by atoms with Crippen molar-refractivity contribution in [3.8, 4) is 5.75 Å². The number of nitrogen functional groups attached to an aromatic ring is 1. The fourth-order valence-corrected chi connectivity index (χ4v) is 2.44. The van der Waals surface area contributed by atoms with Gasteiger partial charge in [-0.15, -0.1) is 0 Å². The van der Waals surface area contributed by atoms with Crippen molar-refractivity contribution >= 4 is 11.5 Å². The fraction of sp³-hybridized carbons (Fsp3) is 0.125. The molecule has 0 atom stereocenters. The van der Waals surface area contributed by atoms with Crippen molar-refractivity contribution in [2.45, 2.75) is 13.5 Å². The third kappa shape index (κ3) is 2.55. The standard InChI is InChI=1S/C16H13F3N4O/c1-8-14(15(20)21)23-6-2-3-12(16(23)22-8)24-7-9-10(17)4-5-11(18)13(9)19/h2-6H,7H2,1H3,(H3,20,21). The number of nitrogens with zero attached hydrogens (tertiary/aromatic N) is 2. The van der Waals surface area contributed by atoms with Crippen molar-refractivity contribution in [2.75, 3.05) is 0 Å². The van der Waals surface area contributed by atoms with Gasteiger partial charge >= 0.3 is 0 Å². The van der Waals surface area contributed by atoms with Crippen molar-refractivity contribution < 1.29 is 17.9 Å². The Hall–Kier alpha value is -3.03. The van der Waals surface area contributed by atoms with Gasteiger partial charge in [-0.2, -0.15) is 0 Å². The smallest absolute Gasteiger partial charge is 0.180 e. The summed E-state index contributed by atoms with van der Waals surface area (Å²) in [6.07, 6.45) is 1.64. The number of hydrogen-bond acceptors (Lipinski definition) is 3. The summed E-state index contributed by atoms with van der Waals surface area (Å²) in [6.45, 7) is 1.18. The van der Waals surface area contributed by atoms with E-state index in [-0.39, 0.29) is 11.6 Å². The number of nitrogens with one attached hydrogen (secondary N) is 1. The molecule has 0 unspecified atom stereocenters. The predicted octanol–water partition coefficient (Wildman–Crippen LogP) is 2.92. The highest BCUT2D eigenvalue weighted by Crippen LogP contribution is 2.24. The number of rotatable bonds is 4. The van der Waals surface area contributed by atoms with Crippen LogP contribution in [0.25, 0.3) is 5.65 Å². The molecule has 0 aliphatic carbocycles. The number of nitrogens with two attached hydrogens (primary N) is 1. The predicted molar refractivity (Wildman–Crippen MR) is 81.6 cm³/mol. The molecule has 3 rings (SSSR count). The highest BCUT2D eigenvalue weighted by Gasteiger charge is 2.17. The van der Waals surface area contributed by atoms with Crippen LogP contribution in [0.1, 0.15) is 17.0 Å². The molecule has 2 aromatic heterocycles. The van der Waals surface area contributed by atoms with Crippen LogP contribution in [0.15, 0.2) is 30.5 Å². The maximum Gasteiger partial charge on any atom is 0.180 e. The first-order valence-corrected chi connectivity index (χ1v) is 6.97. The van der Waals surface area contributed by atoms with Gasteiger partial charge in [0, 0.05) is 6.20 Å². The Balaban J connectivity index is 1.99. The van der Waals surface area contributed by atoms with E-state index in [1.54, 1.807) is 29.7 Å². The Morgan fingerprint density at radius 2 is 1.96 bits per heavy atom. The van der Waals surface area contributed by atoms with Crippen molar-refractivity contribution in [2.24, 2.45) is 5.73 Å². The number of pyridine rings is 1. The SMILES string of the molecule is Cc1nc2c(OCc3c(F)ccc(F)c3F)cccn2c1C(=N)N. The summed E-state index contributed by atoms with van der Waals surface area (Å²) in [5, 5.41) is 7.60. The quantitative estimate of drug-likeness (QED) is 0.437. The molecule has 3 aromatic rings. The highest BCUT2D eigenvalue weighted by atomic mass is 19.2. The average Bonchev–Trinajstić information content (AvgIpc) is 2.88. The number of amidine groups is 1. The zero-order valence-electron chi connectivity index (χ0n) is 12.6. The fourth-order valence-electron chi connectivity index (χ4n) is 2.44. The molecule has 0 amide bonds. The van der Waals surface area contributed by atoms with Crippen molar-refractivity contribution in [3.05, 3.63) is 64.9 Å². The average molecular weight is 334 g/mol. The van der Waals surface area contributed by atoms with E-state index in [0.29, 0.717) is 23.1 Å². The minimum Gasteiger partial charge on any atom is -0.485 e. The lowest BCUT2D eigenvalue weighted by Crippen LogP contribution is -2.15. The monoisotopic (exact) mass is 334 g/mol. The topological polar surface area (TPSA) is 76.4 Å². The van der Waals surface area contributed by atoms with Gasteiger partial charge in [0.15, 0.2) is 23.0 Å². The van der Waals surface area contributed by atoms with Crippen LogP contribution in [-0.2, 0) is 6.61 Å². The Bertz CT molecular complexity index is 952. The molecule has 3 N–H and O–H groups in total. The van der Waals surface area contributed by atoms with Gasteiger partial charge in [0.25, 0.3) is 0 Å². The molecule has 0 radical (unpaired) electrons. The number of fused-ring (bicyclic) bond motifs is 1. The van der Waals surface area contributed by atoms with Crippen LogP contribution in [-0.4, -0.2) is 15.2 Å². The second kappa shape index (κ2) is 5.88. The number of aromatic nitrogens is 2. The molecular weight excluding hydrogens is 321 g/mol. The van der Waals surface area contributed by atoms with Gasteiger partial charge in [0.05, 0.1) is 11.3 Å². The van der Waals surface area contributed by atoms with E-state index in [0.717, 1.165) is 6.07 Å². The number of imidazole rings is 1. The molecule has 5 nitrogen and oxygen atoms in total. The molecular formula is C16H13F3N4O. The maximum absolute atomic E-state index is 13.7. The first kappa shape index (κ1) is 15.9. The lowest BCUT2D eigenvalue weighted by Gasteiger charge is -2.10. The van der Waals surface area contributed by atoms with Crippen LogP contribution in [0.4, 0.5) is 13.2 Å². The van der Waals surface area contributed by atoms with E-state index >= 15 is 0 Å². The third-order valence-electron chi connectivity index (χ3n) is 3.55. The summed E-state index contributed by atoms with van der Waals surface area (Å²) in [5.74, 6) is -3.27. The molecule has 2 heterocycles. The molecule has 0 bridgehead atoms. The number of benzene rings is 1. The normalized spacial score (nSPS) is 11.0. The van der Waals surface area contributed by atoms with Gasteiger partial charge < -0.3 is 10.5 Å². The lowest BCUT2D eigenvalue weighted by molar-refractivity contribution is 0.291. The van der Waals surface area contributed by atoms with E-state index in [9.17, 15) is 13.2 Å². The minimum absolute atomic E-state index is 0.167. The van der Waals surface area contributed by atoms with Gasteiger partial charge in [0.2, 0.25) is 0 Å². The molecule has 8 heteroatoms. The second-order valence-electron chi connectivity index (χ2n) is 5.14. The van der Waals surface area contributed by atoms with Gasteiger partial charge in [0.1, 0.15) is 24.0 Å². The maximum atomic E-state index is 13.7. The Morgan fingerprint density at radius 3 is 2.67 bits per heavy atom. The zero-order valence-corrected chi connectivity index (χ0v) is 12.6. The first-order valence-electron chi connectivity index (χ1n) is 6.97. The van der Waals surface area contributed by atoms with Gasteiger partial charge in [-0.1, -0.05) is 0 Å². The molecule has 124 valence electrons. The summed E-state index contributed by atoms with van der Waals surface area (Å²) in [6, 6.07) is 4.73. The summed E-state index contributed by atoms with van der Waals surface area (Å²) < 4.78 is 47.6. The molecule has 0 spiro atoms. The third-order valence-corrected chi connectivity index (χ3v) is 3.55. The first-order chi connectivity index (χ1) is 11.4. The molecule has 1 aromatic carbocycles. The molecule has 0 fully saturated rings. The van der Waals surface area contributed by atoms with Crippen molar-refractivity contribution in [1.82, 2.24) is 9.38 Å². The minimum atomic E-state index is -1.29. The van der Waals surface area contributed by atoms with E-state index in [1.165, 1.54) is 0 Å². The summed E-state index contributed by atoms with van der Waals surface area (Å²) in [5.41, 5.74) is 6.29. The highest BCUT2D eigenvalue weighted by molar-refractivity contribution is 5.95. The summed E-state index contributed by atoms with van der Waals surface area (Å²) in [7, 11) is 0. The Kier molecular flexibility index (Phi) is 3.88. The van der Waals surface area contributed by atoms with Crippen LogP contribution in [0.2, 0.25) is 0 Å². The molecule has 0 aliphatic rings. The number of hydrogen-bond donors (Lipinski definition) is 2. The van der Waals surface area contributed by atoms with Gasteiger partial charge in [-0.25, -0.2) is 18.2 Å². The van der Waals surface area contributed by atoms with Crippen LogP contribution < -0.4 is 10.5 Å². The number of halogens is 3. The number of ether oxygens (including phenoxy) is 1. The molecule has 0 saturated carbocycles.